The predicted octanol–water partition coefficient (Wildman–Crippen LogP) is 3.75. The van der Waals surface area contributed by atoms with Crippen LogP contribution in [0.1, 0.15) is 34.5 Å². The maximum Gasteiger partial charge on any atom is 0.335 e. The Balaban J connectivity index is 1.59. The van der Waals surface area contributed by atoms with E-state index in [0.29, 0.717) is 13.2 Å². The minimum atomic E-state index is -0.931. The van der Waals surface area contributed by atoms with Crippen molar-refractivity contribution >= 4 is 17.5 Å². The largest absolute Gasteiger partial charge is 0.489 e. The van der Waals surface area contributed by atoms with Gasteiger partial charge in [0.05, 0.1) is 18.2 Å². The van der Waals surface area contributed by atoms with Crippen LogP contribution in [-0.4, -0.2) is 34.2 Å². The van der Waals surface area contributed by atoms with Crippen molar-refractivity contribution in [2.24, 2.45) is 0 Å². The third-order valence-electron chi connectivity index (χ3n) is 4.93. The molecule has 148 valence electrons. The van der Waals surface area contributed by atoms with Crippen molar-refractivity contribution in [2.75, 3.05) is 23.4 Å². The molecule has 0 unspecified atom stereocenters. The number of fused-ring (bicyclic) bond motifs is 1. The van der Waals surface area contributed by atoms with Gasteiger partial charge in [0.1, 0.15) is 18.0 Å². The average Bonchev–Trinajstić information content (AvgIpc) is 2.75. The van der Waals surface area contributed by atoms with E-state index in [1.807, 2.05) is 37.4 Å². The molecule has 0 bridgehead atoms. The van der Waals surface area contributed by atoms with Gasteiger partial charge in [0.25, 0.3) is 0 Å². The Morgan fingerprint density at radius 1 is 1.24 bits per heavy atom. The molecule has 29 heavy (non-hydrogen) atoms. The van der Waals surface area contributed by atoms with E-state index >= 15 is 0 Å². The van der Waals surface area contributed by atoms with Crippen LogP contribution in [0.2, 0.25) is 0 Å². The second-order valence-electron chi connectivity index (χ2n) is 6.93. The maximum absolute atomic E-state index is 11.1. The summed E-state index contributed by atoms with van der Waals surface area (Å²) in [6.45, 7) is 4.10. The van der Waals surface area contributed by atoms with Crippen molar-refractivity contribution in [3.8, 4) is 5.75 Å². The van der Waals surface area contributed by atoms with E-state index in [9.17, 15) is 4.79 Å². The first-order valence-corrected chi connectivity index (χ1v) is 9.47. The van der Waals surface area contributed by atoms with Gasteiger partial charge in [-0.15, -0.1) is 0 Å². The zero-order valence-corrected chi connectivity index (χ0v) is 16.1. The normalized spacial score (nSPS) is 13.9. The number of hydrogen-bond donors (Lipinski definition) is 2. The van der Waals surface area contributed by atoms with Crippen LogP contribution in [0.15, 0.2) is 61.1 Å². The van der Waals surface area contributed by atoms with E-state index in [1.165, 1.54) is 0 Å². The van der Waals surface area contributed by atoms with Gasteiger partial charge in [-0.2, -0.15) is 0 Å². The lowest BCUT2D eigenvalue weighted by molar-refractivity contribution is 0.0697. The zero-order valence-electron chi connectivity index (χ0n) is 16.1. The molecule has 0 fully saturated rings. The summed E-state index contributed by atoms with van der Waals surface area (Å²) in [6, 6.07) is 12.7. The fourth-order valence-corrected chi connectivity index (χ4v) is 3.41. The second kappa shape index (κ2) is 8.18. The molecular formula is C22H22N4O3. The Hall–Kier alpha value is -3.61. The third-order valence-corrected chi connectivity index (χ3v) is 4.93. The summed E-state index contributed by atoms with van der Waals surface area (Å²) in [6.07, 6.45) is 5.36. The van der Waals surface area contributed by atoms with Gasteiger partial charge in [-0.25, -0.2) is 9.78 Å². The number of benzene rings is 1. The number of nitrogens with zero attached hydrogens (tertiary/aromatic N) is 3. The van der Waals surface area contributed by atoms with E-state index in [0.717, 1.165) is 34.9 Å². The molecule has 4 rings (SSSR count). The molecule has 1 atom stereocenters. The number of rotatable bonds is 6. The fraction of sp³-hybridized carbons (Fsp3) is 0.227. The summed E-state index contributed by atoms with van der Waals surface area (Å²) in [7, 11) is 0. The number of ether oxygens (including phenoxy) is 1. The number of carbonyl (C=O) groups is 1. The molecule has 1 aliphatic heterocycles. The number of hydrogen-bond acceptors (Lipinski definition) is 6. The Kier molecular flexibility index (Phi) is 5.29. The van der Waals surface area contributed by atoms with Crippen molar-refractivity contribution in [2.45, 2.75) is 19.5 Å². The topological polar surface area (TPSA) is 87.6 Å². The van der Waals surface area contributed by atoms with E-state index in [2.05, 4.69) is 26.3 Å². The van der Waals surface area contributed by atoms with Crippen LogP contribution in [-0.2, 0) is 6.54 Å². The lowest BCUT2D eigenvalue weighted by Gasteiger charge is -2.33. The number of nitrogens with one attached hydrogen (secondary N) is 1. The summed E-state index contributed by atoms with van der Waals surface area (Å²) in [4.78, 5) is 22.1. The van der Waals surface area contributed by atoms with Crippen molar-refractivity contribution < 1.29 is 14.6 Å². The number of aromatic carboxylic acids is 1. The number of pyridine rings is 2. The van der Waals surface area contributed by atoms with Crippen LogP contribution in [0.3, 0.4) is 0 Å². The fourth-order valence-electron chi connectivity index (χ4n) is 3.41. The summed E-state index contributed by atoms with van der Waals surface area (Å²) < 4.78 is 5.86. The molecule has 0 spiro atoms. The highest BCUT2D eigenvalue weighted by molar-refractivity contribution is 5.87. The molecule has 7 heteroatoms. The lowest BCUT2D eigenvalue weighted by Crippen LogP contribution is -2.33. The summed E-state index contributed by atoms with van der Waals surface area (Å²) in [5.41, 5.74) is 3.29. The molecular weight excluding hydrogens is 368 g/mol. The van der Waals surface area contributed by atoms with Crippen molar-refractivity contribution in [3.63, 3.8) is 0 Å². The van der Waals surface area contributed by atoms with Gasteiger partial charge in [0.15, 0.2) is 5.82 Å². The number of carboxylic acid groups (broad SMARTS) is 1. The molecule has 0 saturated heterocycles. The SMILES string of the molecule is C[C@H](Nc1nccc2c1N(Cc1cccnc1)CCO2)c1ccc(C(=O)O)cc1. The van der Waals surface area contributed by atoms with E-state index in [4.69, 9.17) is 9.84 Å². The smallest absolute Gasteiger partial charge is 0.335 e. The van der Waals surface area contributed by atoms with E-state index in [1.54, 1.807) is 24.5 Å². The first kappa shape index (κ1) is 18.7. The van der Waals surface area contributed by atoms with Gasteiger partial charge in [-0.3, -0.25) is 4.98 Å². The quantitative estimate of drug-likeness (QED) is 0.663. The standard InChI is InChI=1S/C22H22N4O3/c1-15(17-4-6-18(7-5-17)22(27)28)25-21-20-19(8-10-24-21)29-12-11-26(20)14-16-3-2-9-23-13-16/h2-10,13,15H,11-12,14H2,1H3,(H,24,25)(H,27,28)/t15-/m0/s1. The number of anilines is 2. The summed E-state index contributed by atoms with van der Waals surface area (Å²) >= 11 is 0. The Labute approximate surface area is 169 Å². The average molecular weight is 390 g/mol. The van der Waals surface area contributed by atoms with Gasteiger partial charge in [0.2, 0.25) is 0 Å². The highest BCUT2D eigenvalue weighted by Gasteiger charge is 2.24. The van der Waals surface area contributed by atoms with Crippen LogP contribution < -0.4 is 15.0 Å². The Bertz CT molecular complexity index is 993. The molecule has 2 aromatic heterocycles. The molecule has 0 radical (unpaired) electrons. The highest BCUT2D eigenvalue weighted by Crippen LogP contribution is 2.39. The zero-order chi connectivity index (χ0) is 20.2. The van der Waals surface area contributed by atoms with Crippen LogP contribution in [0, 0.1) is 0 Å². The highest BCUT2D eigenvalue weighted by atomic mass is 16.5. The molecule has 3 heterocycles. The molecule has 3 aromatic rings. The summed E-state index contributed by atoms with van der Waals surface area (Å²) in [5, 5.41) is 12.5. The van der Waals surface area contributed by atoms with Gasteiger partial charge in [-0.1, -0.05) is 18.2 Å². The van der Waals surface area contributed by atoms with Crippen LogP contribution in [0.25, 0.3) is 0 Å². The van der Waals surface area contributed by atoms with E-state index < -0.39 is 5.97 Å². The van der Waals surface area contributed by atoms with Crippen LogP contribution in [0.5, 0.6) is 5.75 Å². The minimum Gasteiger partial charge on any atom is -0.489 e. The van der Waals surface area contributed by atoms with Gasteiger partial charge >= 0.3 is 5.97 Å². The number of aromatic nitrogens is 2. The van der Waals surface area contributed by atoms with Crippen LogP contribution in [0.4, 0.5) is 11.5 Å². The summed E-state index contributed by atoms with van der Waals surface area (Å²) in [5.74, 6) is 0.603. The van der Waals surface area contributed by atoms with Crippen LogP contribution >= 0.6 is 0 Å². The minimum absolute atomic E-state index is 0.0565. The monoisotopic (exact) mass is 390 g/mol. The molecule has 2 N–H and O–H groups in total. The van der Waals surface area contributed by atoms with E-state index in [-0.39, 0.29) is 11.6 Å². The van der Waals surface area contributed by atoms with Crippen molar-refractivity contribution in [1.29, 1.82) is 0 Å². The van der Waals surface area contributed by atoms with Crippen molar-refractivity contribution in [1.82, 2.24) is 9.97 Å². The predicted molar refractivity (Wildman–Crippen MR) is 110 cm³/mol. The molecule has 1 aromatic carbocycles. The first-order valence-electron chi connectivity index (χ1n) is 9.47. The first-order chi connectivity index (χ1) is 14.1. The molecule has 7 nitrogen and oxygen atoms in total. The van der Waals surface area contributed by atoms with Crippen molar-refractivity contribution in [3.05, 3.63) is 77.7 Å². The maximum atomic E-state index is 11.1. The van der Waals surface area contributed by atoms with Gasteiger partial charge in [0, 0.05) is 31.2 Å². The number of carboxylic acids is 1. The molecule has 1 aliphatic rings. The van der Waals surface area contributed by atoms with Gasteiger partial charge < -0.3 is 20.1 Å². The lowest BCUT2D eigenvalue weighted by atomic mass is 10.1. The molecule has 0 aliphatic carbocycles. The second-order valence-corrected chi connectivity index (χ2v) is 6.93. The third kappa shape index (κ3) is 4.13. The molecule has 0 amide bonds. The van der Waals surface area contributed by atoms with Gasteiger partial charge in [-0.05, 0) is 36.2 Å². The Morgan fingerprint density at radius 3 is 2.79 bits per heavy atom. The molecule has 0 saturated carbocycles. The Morgan fingerprint density at radius 2 is 2.07 bits per heavy atom.